The molecule has 1 aliphatic heterocycles. The summed E-state index contributed by atoms with van der Waals surface area (Å²) in [6, 6.07) is 15.3. The van der Waals surface area contributed by atoms with Gasteiger partial charge in [-0.3, -0.25) is 0 Å². The molecule has 1 aromatic heterocycles. The third-order valence-corrected chi connectivity index (χ3v) is 6.16. The Balaban J connectivity index is 2.03. The molecule has 1 aliphatic rings. The molecule has 128 valence electrons. The van der Waals surface area contributed by atoms with Crippen LogP contribution < -0.4 is 9.30 Å². The first kappa shape index (κ1) is 16.1. The van der Waals surface area contributed by atoms with Crippen LogP contribution in [0.1, 0.15) is 38.8 Å². The molecule has 2 nitrogen and oxygen atoms in total. The fourth-order valence-electron chi connectivity index (χ4n) is 3.84. The van der Waals surface area contributed by atoms with E-state index in [0.717, 1.165) is 5.75 Å². The zero-order chi connectivity index (χ0) is 18.0. The highest BCUT2D eigenvalue weighted by Crippen LogP contribution is 2.52. The Kier molecular flexibility index (Phi) is 3.28. The van der Waals surface area contributed by atoms with E-state index in [1.165, 1.54) is 33.2 Å². The molecule has 3 aromatic rings. The van der Waals surface area contributed by atoms with E-state index >= 15 is 0 Å². The van der Waals surface area contributed by atoms with Gasteiger partial charge < -0.3 is 4.74 Å². The molecule has 0 aliphatic carbocycles. The van der Waals surface area contributed by atoms with Crippen LogP contribution in [-0.2, 0) is 12.5 Å². The van der Waals surface area contributed by atoms with E-state index in [-0.39, 0.29) is 11.0 Å². The molecule has 0 amide bonds. The quantitative estimate of drug-likeness (QED) is 0.566. The van der Waals surface area contributed by atoms with E-state index in [4.69, 9.17) is 4.74 Å². The number of pyridine rings is 1. The van der Waals surface area contributed by atoms with Crippen molar-refractivity contribution < 1.29 is 9.30 Å². The van der Waals surface area contributed by atoms with Crippen LogP contribution in [0, 0.1) is 6.92 Å². The van der Waals surface area contributed by atoms with Crippen LogP contribution in [0.5, 0.6) is 5.75 Å². The van der Waals surface area contributed by atoms with E-state index in [0.29, 0.717) is 0 Å². The van der Waals surface area contributed by atoms with Gasteiger partial charge in [0, 0.05) is 22.4 Å². The highest BCUT2D eigenvalue weighted by Gasteiger charge is 2.49. The summed E-state index contributed by atoms with van der Waals surface area (Å²) in [5.41, 5.74) is 4.70. The van der Waals surface area contributed by atoms with Crippen LogP contribution in [0.4, 0.5) is 0 Å². The monoisotopic (exact) mass is 332 g/mol. The molecule has 25 heavy (non-hydrogen) atoms. The van der Waals surface area contributed by atoms with Gasteiger partial charge in [0.1, 0.15) is 18.4 Å². The minimum atomic E-state index is -0.229. The summed E-state index contributed by atoms with van der Waals surface area (Å²) in [6.07, 6.45) is 2.20. The lowest BCUT2D eigenvalue weighted by atomic mass is 9.73. The Morgan fingerprint density at radius 3 is 2.32 bits per heavy atom. The van der Waals surface area contributed by atoms with Crippen molar-refractivity contribution in [3.8, 4) is 17.0 Å². The molecule has 2 aromatic carbocycles. The summed E-state index contributed by atoms with van der Waals surface area (Å²) in [4.78, 5) is 0. The first-order valence-electron chi connectivity index (χ1n) is 8.94. The second-order valence-electron chi connectivity index (χ2n) is 8.27. The van der Waals surface area contributed by atoms with Crippen LogP contribution >= 0.6 is 0 Å². The van der Waals surface area contributed by atoms with Crippen molar-refractivity contribution in [1.29, 1.82) is 0 Å². The van der Waals surface area contributed by atoms with E-state index in [1.54, 1.807) is 0 Å². The summed E-state index contributed by atoms with van der Waals surface area (Å²) in [6.45, 7) is 11.1. The number of aryl methyl sites for hydroxylation is 2. The molecule has 0 radical (unpaired) electrons. The molecule has 0 unspecified atom stereocenters. The minimum absolute atomic E-state index is 0.0276. The van der Waals surface area contributed by atoms with E-state index in [2.05, 4.69) is 94.9 Å². The molecule has 0 N–H and O–H groups in total. The maximum Gasteiger partial charge on any atom is 0.216 e. The minimum Gasteiger partial charge on any atom is -0.486 e. The van der Waals surface area contributed by atoms with Crippen molar-refractivity contribution in [3.63, 3.8) is 0 Å². The van der Waals surface area contributed by atoms with Crippen molar-refractivity contribution in [2.75, 3.05) is 0 Å². The predicted octanol–water partition coefficient (Wildman–Crippen LogP) is 5.09. The lowest BCUT2D eigenvalue weighted by molar-refractivity contribution is -0.659. The number of fused-ring (bicyclic) bond motifs is 2. The van der Waals surface area contributed by atoms with Gasteiger partial charge in [-0.1, -0.05) is 44.2 Å². The molecule has 4 rings (SSSR count). The normalized spacial score (nSPS) is 17.4. The number of ether oxygens (including phenoxy) is 1. The lowest BCUT2D eigenvalue weighted by Gasteiger charge is -2.33. The van der Waals surface area contributed by atoms with Gasteiger partial charge in [-0.2, -0.15) is 0 Å². The second kappa shape index (κ2) is 5.08. The molecule has 0 bridgehead atoms. The molecule has 0 saturated heterocycles. The van der Waals surface area contributed by atoms with Gasteiger partial charge in [-0.15, -0.1) is 0 Å². The van der Waals surface area contributed by atoms with Gasteiger partial charge in [0.25, 0.3) is 0 Å². The molecule has 2 heterocycles. The van der Waals surface area contributed by atoms with Crippen LogP contribution in [-0.4, -0.2) is 5.60 Å². The lowest BCUT2D eigenvalue weighted by Crippen LogP contribution is -2.41. The van der Waals surface area contributed by atoms with Crippen molar-refractivity contribution in [2.45, 2.75) is 45.6 Å². The summed E-state index contributed by atoms with van der Waals surface area (Å²) >= 11 is 0. The highest BCUT2D eigenvalue weighted by atomic mass is 16.5. The Hall–Kier alpha value is -2.35. The number of hydrogen-bond acceptors (Lipinski definition) is 1. The van der Waals surface area contributed by atoms with Crippen molar-refractivity contribution in [2.24, 2.45) is 7.05 Å². The first-order chi connectivity index (χ1) is 11.7. The van der Waals surface area contributed by atoms with Crippen LogP contribution in [0.2, 0.25) is 0 Å². The molecular weight excluding hydrogens is 306 g/mol. The Morgan fingerprint density at radius 1 is 0.920 bits per heavy atom. The van der Waals surface area contributed by atoms with Crippen molar-refractivity contribution in [3.05, 3.63) is 59.8 Å². The summed E-state index contributed by atoms with van der Waals surface area (Å²) in [5.74, 6) is 1.04. The largest absolute Gasteiger partial charge is 0.486 e. The second-order valence-corrected chi connectivity index (χ2v) is 8.27. The van der Waals surface area contributed by atoms with E-state index in [1.807, 2.05) is 0 Å². The van der Waals surface area contributed by atoms with Gasteiger partial charge in [-0.25, -0.2) is 4.57 Å². The molecular formula is C23H26NO+. The standard InChI is InChI=1S/C23H26NO/c1-15-11-12-18-21(25-23(4,5)22(18,2)3)20(15)19-13-16-9-7-8-10-17(16)14-24(19)6/h7-14H,1-6H3/q+1. The number of benzene rings is 2. The van der Waals surface area contributed by atoms with Gasteiger partial charge in [0.15, 0.2) is 6.20 Å². The van der Waals surface area contributed by atoms with E-state index < -0.39 is 0 Å². The van der Waals surface area contributed by atoms with E-state index in [9.17, 15) is 0 Å². The van der Waals surface area contributed by atoms with Crippen LogP contribution in [0.25, 0.3) is 22.0 Å². The Labute approximate surface area is 150 Å². The van der Waals surface area contributed by atoms with Crippen molar-refractivity contribution >= 4 is 10.8 Å². The third-order valence-electron chi connectivity index (χ3n) is 6.16. The molecule has 2 heteroatoms. The molecule has 0 atom stereocenters. The van der Waals surface area contributed by atoms with Gasteiger partial charge >= 0.3 is 0 Å². The van der Waals surface area contributed by atoms with Crippen molar-refractivity contribution in [1.82, 2.24) is 0 Å². The average Bonchev–Trinajstić information content (AvgIpc) is 2.72. The Morgan fingerprint density at radius 2 is 1.60 bits per heavy atom. The van der Waals surface area contributed by atoms with Gasteiger partial charge in [0.05, 0.1) is 5.56 Å². The zero-order valence-corrected chi connectivity index (χ0v) is 16.0. The molecule has 0 fully saturated rings. The first-order valence-corrected chi connectivity index (χ1v) is 8.94. The smallest absolute Gasteiger partial charge is 0.216 e. The predicted molar refractivity (Wildman–Crippen MR) is 103 cm³/mol. The maximum absolute atomic E-state index is 6.53. The number of rotatable bonds is 1. The number of aromatic nitrogens is 1. The average molecular weight is 332 g/mol. The summed E-state index contributed by atoms with van der Waals surface area (Å²) in [5, 5.41) is 2.50. The topological polar surface area (TPSA) is 13.1 Å². The Bertz CT molecular complexity index is 998. The van der Waals surface area contributed by atoms with Crippen LogP contribution in [0.15, 0.2) is 48.7 Å². The fraction of sp³-hybridized carbons (Fsp3) is 0.348. The van der Waals surface area contributed by atoms with Gasteiger partial charge in [0.2, 0.25) is 5.69 Å². The SMILES string of the molecule is Cc1ccc2c(c1-c1cc3ccccc3c[n+]1C)OC(C)(C)C2(C)C. The highest BCUT2D eigenvalue weighted by molar-refractivity contribution is 5.85. The third kappa shape index (κ3) is 2.20. The van der Waals surface area contributed by atoms with Gasteiger partial charge in [-0.05, 0) is 37.8 Å². The fourth-order valence-corrected chi connectivity index (χ4v) is 3.84. The summed E-state index contributed by atoms with van der Waals surface area (Å²) in [7, 11) is 2.12. The zero-order valence-electron chi connectivity index (χ0n) is 16.0. The number of hydrogen-bond donors (Lipinski definition) is 0. The van der Waals surface area contributed by atoms with Crippen LogP contribution in [0.3, 0.4) is 0 Å². The summed E-state index contributed by atoms with van der Waals surface area (Å²) < 4.78 is 8.74. The molecule has 0 spiro atoms. The maximum atomic E-state index is 6.53. The molecule has 0 saturated carbocycles. The number of nitrogens with zero attached hydrogens (tertiary/aromatic N) is 1.